The molecule has 2 N–H and O–H groups in total. The molecule has 0 aliphatic heterocycles. The van der Waals surface area contributed by atoms with Gasteiger partial charge in [0.15, 0.2) is 0 Å². The van der Waals surface area contributed by atoms with Crippen molar-refractivity contribution < 1.29 is 4.79 Å². The van der Waals surface area contributed by atoms with Crippen LogP contribution < -0.4 is 5.73 Å². The highest BCUT2D eigenvalue weighted by molar-refractivity contribution is 6.33. The van der Waals surface area contributed by atoms with E-state index < -0.39 is 5.91 Å². The Balaban J connectivity index is 2.65. The zero-order valence-electron chi connectivity index (χ0n) is 8.22. The monoisotopic (exact) mass is 233 g/mol. The first-order chi connectivity index (χ1) is 7.70. The van der Waals surface area contributed by atoms with Crippen molar-refractivity contribution in [2.75, 3.05) is 0 Å². The summed E-state index contributed by atoms with van der Waals surface area (Å²) in [6.45, 7) is 0. The molecule has 2 heterocycles. The second-order valence-corrected chi connectivity index (χ2v) is 3.53. The number of hydrogen-bond donors (Lipinski definition) is 1. The van der Waals surface area contributed by atoms with Crippen LogP contribution in [0.4, 0.5) is 0 Å². The molecular weight excluding hydrogens is 226 g/mol. The molecule has 2 aromatic rings. The number of pyridine rings is 2. The molecule has 0 bridgehead atoms. The van der Waals surface area contributed by atoms with Gasteiger partial charge in [0.05, 0.1) is 5.02 Å². The summed E-state index contributed by atoms with van der Waals surface area (Å²) in [5.74, 6) is -0.580. The Morgan fingerprint density at radius 2 is 2.06 bits per heavy atom. The lowest BCUT2D eigenvalue weighted by molar-refractivity contribution is 0.0996. The SMILES string of the molecule is NC(=O)c1ncccc1-c1ccncc1Cl. The molecule has 5 heteroatoms. The van der Waals surface area contributed by atoms with E-state index in [9.17, 15) is 4.79 Å². The molecule has 0 atom stereocenters. The van der Waals surface area contributed by atoms with Gasteiger partial charge in [0, 0.05) is 29.7 Å². The number of primary amides is 1. The maximum Gasteiger partial charge on any atom is 0.267 e. The van der Waals surface area contributed by atoms with Crippen molar-refractivity contribution in [3.8, 4) is 11.1 Å². The molecule has 0 spiro atoms. The molecular formula is C11H8ClN3O. The maximum absolute atomic E-state index is 11.2. The minimum Gasteiger partial charge on any atom is -0.364 e. The van der Waals surface area contributed by atoms with Crippen LogP contribution in [-0.2, 0) is 0 Å². The van der Waals surface area contributed by atoms with Gasteiger partial charge in [-0.05, 0) is 12.1 Å². The van der Waals surface area contributed by atoms with Gasteiger partial charge in [-0.25, -0.2) is 0 Å². The van der Waals surface area contributed by atoms with Gasteiger partial charge in [-0.2, -0.15) is 0 Å². The Hall–Kier alpha value is -1.94. The first kappa shape index (κ1) is 10.6. The summed E-state index contributed by atoms with van der Waals surface area (Å²) in [7, 11) is 0. The third-order valence-corrected chi connectivity index (χ3v) is 2.40. The number of rotatable bonds is 2. The van der Waals surface area contributed by atoms with Crippen LogP contribution in [0, 0.1) is 0 Å². The summed E-state index contributed by atoms with van der Waals surface area (Å²) in [4.78, 5) is 19.0. The van der Waals surface area contributed by atoms with Crippen molar-refractivity contribution in [3.63, 3.8) is 0 Å². The number of aromatic nitrogens is 2. The van der Waals surface area contributed by atoms with Gasteiger partial charge >= 0.3 is 0 Å². The minimum absolute atomic E-state index is 0.204. The first-order valence-electron chi connectivity index (χ1n) is 4.55. The predicted molar refractivity (Wildman–Crippen MR) is 61.0 cm³/mol. The zero-order valence-corrected chi connectivity index (χ0v) is 8.98. The van der Waals surface area contributed by atoms with Crippen LogP contribution in [0.15, 0.2) is 36.8 Å². The fraction of sp³-hybridized carbons (Fsp3) is 0. The highest BCUT2D eigenvalue weighted by atomic mass is 35.5. The van der Waals surface area contributed by atoms with Crippen LogP contribution in [0.25, 0.3) is 11.1 Å². The van der Waals surface area contributed by atoms with Crippen molar-refractivity contribution in [2.45, 2.75) is 0 Å². The van der Waals surface area contributed by atoms with Gasteiger partial charge in [-0.15, -0.1) is 0 Å². The van der Waals surface area contributed by atoms with E-state index in [0.717, 1.165) is 0 Å². The number of nitrogens with zero attached hydrogens (tertiary/aromatic N) is 2. The van der Waals surface area contributed by atoms with Crippen LogP contribution in [0.2, 0.25) is 5.02 Å². The second kappa shape index (κ2) is 4.28. The third-order valence-electron chi connectivity index (χ3n) is 2.10. The lowest BCUT2D eigenvalue weighted by Crippen LogP contribution is -2.14. The molecule has 0 unspecified atom stereocenters. The van der Waals surface area contributed by atoms with E-state index in [-0.39, 0.29) is 5.69 Å². The molecule has 2 rings (SSSR count). The minimum atomic E-state index is -0.580. The lowest BCUT2D eigenvalue weighted by Gasteiger charge is -2.06. The van der Waals surface area contributed by atoms with Crippen LogP contribution in [-0.4, -0.2) is 15.9 Å². The van der Waals surface area contributed by atoms with Crippen LogP contribution >= 0.6 is 11.6 Å². The zero-order chi connectivity index (χ0) is 11.5. The van der Waals surface area contributed by atoms with E-state index in [0.29, 0.717) is 16.1 Å². The molecule has 0 radical (unpaired) electrons. The Bertz CT molecular complexity index is 542. The van der Waals surface area contributed by atoms with Crippen LogP contribution in [0.1, 0.15) is 10.5 Å². The fourth-order valence-electron chi connectivity index (χ4n) is 1.41. The molecule has 16 heavy (non-hydrogen) atoms. The van der Waals surface area contributed by atoms with E-state index >= 15 is 0 Å². The van der Waals surface area contributed by atoms with Gasteiger partial charge in [0.25, 0.3) is 5.91 Å². The van der Waals surface area contributed by atoms with E-state index in [1.165, 1.54) is 12.4 Å². The number of halogens is 1. The highest BCUT2D eigenvalue weighted by Crippen LogP contribution is 2.28. The first-order valence-corrected chi connectivity index (χ1v) is 4.92. The van der Waals surface area contributed by atoms with Crippen molar-refractivity contribution in [2.24, 2.45) is 5.73 Å². The highest BCUT2D eigenvalue weighted by Gasteiger charge is 2.12. The van der Waals surface area contributed by atoms with Gasteiger partial charge in [-0.1, -0.05) is 17.7 Å². The molecule has 2 aromatic heterocycles. The summed E-state index contributed by atoms with van der Waals surface area (Å²) in [6, 6.07) is 5.18. The van der Waals surface area contributed by atoms with Gasteiger partial charge in [-0.3, -0.25) is 14.8 Å². The van der Waals surface area contributed by atoms with Crippen molar-refractivity contribution in [1.29, 1.82) is 0 Å². The van der Waals surface area contributed by atoms with E-state index in [1.54, 1.807) is 24.4 Å². The lowest BCUT2D eigenvalue weighted by atomic mass is 10.1. The van der Waals surface area contributed by atoms with Gasteiger partial charge < -0.3 is 5.73 Å². The van der Waals surface area contributed by atoms with Gasteiger partial charge in [0.1, 0.15) is 5.69 Å². The van der Waals surface area contributed by atoms with Crippen LogP contribution in [0.5, 0.6) is 0 Å². The molecule has 4 nitrogen and oxygen atoms in total. The maximum atomic E-state index is 11.2. The Morgan fingerprint density at radius 3 is 2.75 bits per heavy atom. The Kier molecular flexibility index (Phi) is 2.83. The summed E-state index contributed by atoms with van der Waals surface area (Å²) in [5, 5.41) is 0.456. The number of carbonyl (C=O) groups is 1. The van der Waals surface area contributed by atoms with Gasteiger partial charge in [0.2, 0.25) is 0 Å². The molecule has 0 aromatic carbocycles. The Labute approximate surface area is 97.1 Å². The average molecular weight is 234 g/mol. The van der Waals surface area contributed by atoms with E-state index in [2.05, 4.69) is 9.97 Å². The van der Waals surface area contributed by atoms with Crippen molar-refractivity contribution in [1.82, 2.24) is 9.97 Å². The summed E-state index contributed by atoms with van der Waals surface area (Å²) in [6.07, 6.45) is 4.62. The molecule has 1 amide bonds. The summed E-state index contributed by atoms with van der Waals surface area (Å²) in [5.41, 5.74) is 6.75. The summed E-state index contributed by atoms with van der Waals surface area (Å²) < 4.78 is 0. The smallest absolute Gasteiger partial charge is 0.267 e. The van der Waals surface area contributed by atoms with Crippen LogP contribution in [0.3, 0.4) is 0 Å². The van der Waals surface area contributed by atoms with E-state index in [1.807, 2.05) is 0 Å². The molecule has 80 valence electrons. The topological polar surface area (TPSA) is 68.9 Å². The number of nitrogens with two attached hydrogens (primary N) is 1. The van der Waals surface area contributed by atoms with Crippen molar-refractivity contribution in [3.05, 3.63) is 47.5 Å². The third kappa shape index (κ3) is 1.87. The second-order valence-electron chi connectivity index (χ2n) is 3.12. The molecule has 0 fully saturated rings. The average Bonchev–Trinajstić information content (AvgIpc) is 2.29. The summed E-state index contributed by atoms with van der Waals surface area (Å²) >= 11 is 5.99. The molecule has 0 aliphatic rings. The molecule has 0 saturated carbocycles. The van der Waals surface area contributed by atoms with E-state index in [4.69, 9.17) is 17.3 Å². The Morgan fingerprint density at radius 1 is 1.25 bits per heavy atom. The predicted octanol–water partition coefficient (Wildman–Crippen LogP) is 1.90. The van der Waals surface area contributed by atoms with Crippen molar-refractivity contribution >= 4 is 17.5 Å². The number of carbonyl (C=O) groups excluding carboxylic acids is 1. The molecule has 0 saturated heterocycles. The standard InChI is InChI=1S/C11H8ClN3O/c12-9-6-14-5-3-7(9)8-2-1-4-15-10(8)11(13)16/h1-6H,(H2,13,16). The number of amides is 1. The number of hydrogen-bond acceptors (Lipinski definition) is 3. The normalized spacial score (nSPS) is 10.1. The quantitative estimate of drug-likeness (QED) is 0.861. The largest absolute Gasteiger partial charge is 0.364 e. The fourth-order valence-corrected chi connectivity index (χ4v) is 1.63. The molecule has 0 aliphatic carbocycles.